The average Bonchev–Trinajstić information content (AvgIpc) is 3.46. The second-order valence-corrected chi connectivity index (χ2v) is 7.78. The third-order valence-corrected chi connectivity index (χ3v) is 6.24. The Hall–Kier alpha value is -3.67. The topological polar surface area (TPSA) is 76.5 Å². The van der Waals surface area contributed by atoms with Gasteiger partial charge in [0.2, 0.25) is 6.79 Å². The van der Waals surface area contributed by atoms with Crippen molar-refractivity contribution in [2.24, 2.45) is 0 Å². The average molecular weight is 400 g/mol. The van der Waals surface area contributed by atoms with E-state index in [2.05, 4.69) is 21.7 Å². The van der Waals surface area contributed by atoms with Crippen molar-refractivity contribution in [1.82, 2.24) is 9.55 Å². The van der Waals surface area contributed by atoms with Gasteiger partial charge >= 0.3 is 5.97 Å². The Morgan fingerprint density at radius 1 is 1.17 bits per heavy atom. The van der Waals surface area contributed by atoms with Gasteiger partial charge in [-0.25, -0.2) is 4.79 Å². The number of carboxylic acid groups (broad SMARTS) is 1. The lowest BCUT2D eigenvalue weighted by Gasteiger charge is -2.29. The minimum atomic E-state index is -0.883. The van der Waals surface area contributed by atoms with Crippen LogP contribution in [0.3, 0.4) is 0 Å². The van der Waals surface area contributed by atoms with E-state index < -0.39 is 5.97 Å². The van der Waals surface area contributed by atoms with Crippen LogP contribution in [0, 0.1) is 0 Å². The van der Waals surface area contributed by atoms with Crippen LogP contribution in [0.5, 0.6) is 11.5 Å². The zero-order valence-corrected chi connectivity index (χ0v) is 16.4. The Morgan fingerprint density at radius 3 is 2.83 bits per heavy atom. The monoisotopic (exact) mass is 400 g/mol. The summed E-state index contributed by atoms with van der Waals surface area (Å²) in [6, 6.07) is 15.9. The van der Waals surface area contributed by atoms with Gasteiger partial charge in [0.1, 0.15) is 0 Å². The number of aromatic amines is 1. The summed E-state index contributed by atoms with van der Waals surface area (Å²) in [5, 5.41) is 11.0. The molecule has 30 heavy (non-hydrogen) atoms. The second kappa shape index (κ2) is 6.16. The number of carbonyl (C=O) groups is 1. The molecule has 1 atom stereocenters. The largest absolute Gasteiger partial charge is 0.478 e. The van der Waals surface area contributed by atoms with Gasteiger partial charge in [-0.05, 0) is 41.8 Å². The van der Waals surface area contributed by atoms with E-state index >= 15 is 0 Å². The Bertz CT molecular complexity index is 1330. The molecule has 6 heteroatoms. The molecule has 0 spiro atoms. The number of para-hydroxylation sites is 1. The Balaban J connectivity index is 1.65. The first-order chi connectivity index (χ1) is 14.7. The van der Waals surface area contributed by atoms with Gasteiger partial charge in [-0.15, -0.1) is 0 Å². The minimum absolute atomic E-state index is 0.159. The van der Waals surface area contributed by atoms with Crippen molar-refractivity contribution in [3.05, 3.63) is 82.3 Å². The molecule has 2 aromatic heterocycles. The molecule has 0 bridgehead atoms. The van der Waals surface area contributed by atoms with Crippen LogP contribution < -0.4 is 9.47 Å². The summed E-state index contributed by atoms with van der Waals surface area (Å²) in [5.74, 6) is 0.578. The molecule has 2 aliphatic heterocycles. The number of H-pyrrole nitrogens is 1. The summed E-state index contributed by atoms with van der Waals surface area (Å²) in [6.07, 6.45) is 1.33. The lowest BCUT2D eigenvalue weighted by molar-refractivity contribution is 0.0695. The van der Waals surface area contributed by atoms with Crippen molar-refractivity contribution < 1.29 is 19.4 Å². The number of aromatic nitrogens is 2. The number of carboxylic acids is 1. The summed E-state index contributed by atoms with van der Waals surface area (Å²) in [6.45, 7) is 2.23. The molecule has 0 fully saturated rings. The highest BCUT2D eigenvalue weighted by atomic mass is 16.7. The minimum Gasteiger partial charge on any atom is -0.478 e. The molecule has 2 aromatic carbocycles. The number of fused-ring (bicyclic) bond motifs is 5. The third-order valence-electron chi connectivity index (χ3n) is 6.24. The zero-order chi connectivity index (χ0) is 20.4. The van der Waals surface area contributed by atoms with E-state index in [1.807, 2.05) is 43.3 Å². The summed E-state index contributed by atoms with van der Waals surface area (Å²) >= 11 is 0. The zero-order valence-electron chi connectivity index (χ0n) is 16.4. The highest BCUT2D eigenvalue weighted by Gasteiger charge is 2.34. The maximum Gasteiger partial charge on any atom is 0.337 e. The number of nitrogens with zero attached hydrogens (tertiary/aromatic N) is 1. The highest BCUT2D eigenvalue weighted by molar-refractivity contribution is 5.90. The Kier molecular flexibility index (Phi) is 3.53. The molecular formula is C24H20N2O4. The molecule has 4 heterocycles. The van der Waals surface area contributed by atoms with Gasteiger partial charge in [-0.3, -0.25) is 0 Å². The molecule has 1 unspecified atom stereocenters. The quantitative estimate of drug-likeness (QED) is 0.468. The fourth-order valence-electron chi connectivity index (χ4n) is 4.98. The molecule has 4 aromatic rings. The predicted molar refractivity (Wildman–Crippen MR) is 112 cm³/mol. The van der Waals surface area contributed by atoms with Crippen LogP contribution in [-0.2, 0) is 12.8 Å². The molecule has 0 saturated carbocycles. The van der Waals surface area contributed by atoms with Gasteiger partial charge in [-0.2, -0.15) is 0 Å². The van der Waals surface area contributed by atoms with Crippen LogP contribution in [0.4, 0.5) is 0 Å². The van der Waals surface area contributed by atoms with E-state index in [1.54, 1.807) is 0 Å². The molecular weight excluding hydrogens is 380 g/mol. The van der Waals surface area contributed by atoms with Crippen molar-refractivity contribution in [3.8, 4) is 11.5 Å². The lowest BCUT2D eigenvalue weighted by atomic mass is 9.92. The van der Waals surface area contributed by atoms with Crippen LogP contribution >= 0.6 is 0 Å². The number of ether oxygens (including phenoxy) is 2. The highest BCUT2D eigenvalue weighted by Crippen LogP contribution is 2.44. The Labute approximate surface area is 172 Å². The Morgan fingerprint density at radius 2 is 2.00 bits per heavy atom. The fraction of sp³-hybridized carbons (Fsp3) is 0.208. The molecule has 2 N–H and O–H groups in total. The number of rotatable bonds is 3. The number of hydrogen-bond acceptors (Lipinski definition) is 3. The SMILES string of the molecule is CCc1c(C(=O)O)cc2n1C(c1ccc3c(c1)OCO3)c1[nH]c3ccccc3c1C2. The molecule has 150 valence electrons. The number of aromatic carboxylic acids is 1. The summed E-state index contributed by atoms with van der Waals surface area (Å²) < 4.78 is 13.3. The van der Waals surface area contributed by atoms with Gasteiger partial charge in [-0.1, -0.05) is 31.2 Å². The predicted octanol–water partition coefficient (Wildman–Crippen LogP) is 4.50. The lowest BCUT2D eigenvalue weighted by Crippen LogP contribution is -2.23. The van der Waals surface area contributed by atoms with Crippen LogP contribution in [0.15, 0.2) is 48.5 Å². The maximum absolute atomic E-state index is 12.0. The maximum atomic E-state index is 12.0. The molecule has 6 nitrogen and oxygen atoms in total. The van der Waals surface area contributed by atoms with E-state index in [0.717, 1.165) is 39.7 Å². The van der Waals surface area contributed by atoms with Crippen molar-refractivity contribution in [1.29, 1.82) is 0 Å². The van der Waals surface area contributed by atoms with Crippen LogP contribution in [0.25, 0.3) is 10.9 Å². The molecule has 2 aliphatic rings. The van der Waals surface area contributed by atoms with E-state index in [1.165, 1.54) is 10.9 Å². The van der Waals surface area contributed by atoms with Gasteiger partial charge in [0, 0.05) is 34.4 Å². The first kappa shape index (κ1) is 17.2. The first-order valence-electron chi connectivity index (χ1n) is 10.1. The summed E-state index contributed by atoms with van der Waals surface area (Å²) in [4.78, 5) is 15.6. The fourth-order valence-corrected chi connectivity index (χ4v) is 4.98. The van der Waals surface area contributed by atoms with Gasteiger partial charge in [0.05, 0.1) is 11.6 Å². The summed E-state index contributed by atoms with van der Waals surface area (Å²) in [5.41, 5.74) is 6.69. The van der Waals surface area contributed by atoms with Crippen molar-refractivity contribution in [3.63, 3.8) is 0 Å². The van der Waals surface area contributed by atoms with E-state index in [4.69, 9.17) is 9.47 Å². The smallest absolute Gasteiger partial charge is 0.337 e. The van der Waals surface area contributed by atoms with Crippen LogP contribution in [0.2, 0.25) is 0 Å². The first-order valence-corrected chi connectivity index (χ1v) is 10.1. The number of hydrogen-bond donors (Lipinski definition) is 2. The number of benzene rings is 2. The number of nitrogens with one attached hydrogen (secondary N) is 1. The van der Waals surface area contributed by atoms with Gasteiger partial charge in [0.15, 0.2) is 11.5 Å². The van der Waals surface area contributed by atoms with E-state index in [9.17, 15) is 9.90 Å². The van der Waals surface area contributed by atoms with E-state index in [-0.39, 0.29) is 12.8 Å². The molecule has 0 saturated heterocycles. The van der Waals surface area contributed by atoms with Crippen molar-refractivity contribution >= 4 is 16.9 Å². The van der Waals surface area contributed by atoms with Crippen molar-refractivity contribution in [2.75, 3.05) is 6.79 Å². The normalized spacial score (nSPS) is 16.5. The van der Waals surface area contributed by atoms with Crippen molar-refractivity contribution in [2.45, 2.75) is 25.8 Å². The summed E-state index contributed by atoms with van der Waals surface area (Å²) in [7, 11) is 0. The second-order valence-electron chi connectivity index (χ2n) is 7.78. The molecule has 6 rings (SSSR count). The van der Waals surface area contributed by atoms with Crippen LogP contribution in [-0.4, -0.2) is 27.4 Å². The standard InChI is InChI=1S/C24H20N2O4/c1-2-19-17(24(27)28)11-14-10-16-15-5-3-4-6-18(15)25-22(16)23(26(14)19)13-7-8-20-21(9-13)30-12-29-20/h3-9,11,23,25H,2,10,12H2,1H3,(H,27,28). The third kappa shape index (κ3) is 2.27. The van der Waals surface area contributed by atoms with E-state index in [0.29, 0.717) is 18.4 Å². The van der Waals surface area contributed by atoms with Gasteiger partial charge < -0.3 is 24.1 Å². The van der Waals surface area contributed by atoms with Gasteiger partial charge in [0.25, 0.3) is 0 Å². The van der Waals surface area contributed by atoms with Crippen LogP contribution in [0.1, 0.15) is 51.5 Å². The molecule has 0 amide bonds. The molecule has 0 radical (unpaired) electrons. The molecule has 0 aliphatic carbocycles.